The average molecular weight is 218 g/mol. The molecule has 0 heterocycles. The zero-order chi connectivity index (χ0) is 11.4. The van der Waals surface area contributed by atoms with Crippen molar-refractivity contribution in [1.82, 2.24) is 0 Å². The van der Waals surface area contributed by atoms with E-state index in [2.05, 4.69) is 31.2 Å². The van der Waals surface area contributed by atoms with Crippen LogP contribution in [0, 0.1) is 12.8 Å². The van der Waals surface area contributed by atoms with E-state index in [9.17, 15) is 5.11 Å². The molecular weight excluding hydrogens is 196 g/mol. The first-order valence-electron chi connectivity index (χ1n) is 6.48. The first-order valence-corrected chi connectivity index (χ1v) is 6.48. The van der Waals surface area contributed by atoms with Gasteiger partial charge in [-0.2, -0.15) is 0 Å². The molecule has 1 N–H and O–H groups in total. The van der Waals surface area contributed by atoms with E-state index in [1.807, 2.05) is 0 Å². The predicted octanol–water partition coefficient (Wildman–Crippen LogP) is 3.65. The maximum atomic E-state index is 9.60. The van der Waals surface area contributed by atoms with Crippen molar-refractivity contribution in [2.24, 2.45) is 5.92 Å². The van der Waals surface area contributed by atoms with E-state index in [1.54, 1.807) is 0 Å². The molecule has 0 saturated heterocycles. The Morgan fingerprint density at radius 2 is 1.75 bits per heavy atom. The van der Waals surface area contributed by atoms with Crippen molar-refractivity contribution < 1.29 is 5.11 Å². The van der Waals surface area contributed by atoms with Gasteiger partial charge >= 0.3 is 0 Å². The molecule has 1 fully saturated rings. The highest BCUT2D eigenvalue weighted by atomic mass is 16.3. The Hall–Kier alpha value is -0.820. The summed E-state index contributed by atoms with van der Waals surface area (Å²) in [6.45, 7) is 2.41. The molecule has 1 aromatic rings. The number of hydrogen-bond donors (Lipinski definition) is 1. The molecule has 88 valence electrons. The molecule has 1 aliphatic rings. The van der Waals surface area contributed by atoms with Gasteiger partial charge in [-0.05, 0) is 31.2 Å². The summed E-state index contributed by atoms with van der Waals surface area (Å²) < 4.78 is 0. The third-order valence-corrected chi connectivity index (χ3v) is 3.92. The number of aryl methyl sites for hydroxylation is 1. The zero-order valence-electron chi connectivity index (χ0n) is 10.2. The smallest absolute Gasteiger partial charge is 0.0502 e. The Balaban J connectivity index is 2.11. The van der Waals surface area contributed by atoms with E-state index in [4.69, 9.17) is 0 Å². The lowest BCUT2D eigenvalue weighted by Gasteiger charge is -2.29. The van der Waals surface area contributed by atoms with Crippen molar-refractivity contribution in [3.8, 4) is 0 Å². The van der Waals surface area contributed by atoms with Crippen LogP contribution in [0.5, 0.6) is 0 Å². The van der Waals surface area contributed by atoms with Crippen molar-refractivity contribution in [2.75, 3.05) is 6.61 Å². The SMILES string of the molecule is Cc1ccc(C(CO)C2CCCCC2)cc1. The molecule has 1 atom stereocenters. The largest absolute Gasteiger partial charge is 0.396 e. The van der Waals surface area contributed by atoms with Gasteiger partial charge in [-0.1, -0.05) is 49.1 Å². The molecule has 1 nitrogen and oxygen atoms in total. The van der Waals surface area contributed by atoms with Crippen molar-refractivity contribution in [2.45, 2.75) is 44.9 Å². The predicted molar refractivity (Wildman–Crippen MR) is 67.6 cm³/mol. The summed E-state index contributed by atoms with van der Waals surface area (Å²) in [5, 5.41) is 9.60. The first-order chi connectivity index (χ1) is 7.81. The topological polar surface area (TPSA) is 20.2 Å². The minimum Gasteiger partial charge on any atom is -0.396 e. The fourth-order valence-electron chi connectivity index (χ4n) is 2.88. The Bertz CT molecular complexity index is 309. The molecule has 0 spiro atoms. The van der Waals surface area contributed by atoms with Gasteiger partial charge in [-0.15, -0.1) is 0 Å². The maximum Gasteiger partial charge on any atom is 0.0502 e. The van der Waals surface area contributed by atoms with Gasteiger partial charge < -0.3 is 5.11 Å². The second-order valence-corrected chi connectivity index (χ2v) is 5.10. The maximum absolute atomic E-state index is 9.60. The molecule has 0 bridgehead atoms. The van der Waals surface area contributed by atoms with E-state index in [0.717, 1.165) is 0 Å². The minimum atomic E-state index is 0.299. The van der Waals surface area contributed by atoms with E-state index in [-0.39, 0.29) is 0 Å². The second kappa shape index (κ2) is 5.49. The zero-order valence-corrected chi connectivity index (χ0v) is 10.2. The highest BCUT2D eigenvalue weighted by molar-refractivity contribution is 5.25. The molecule has 1 heteroatoms. The first kappa shape index (κ1) is 11.7. The molecule has 1 saturated carbocycles. The standard InChI is InChI=1S/C15H22O/c1-12-7-9-14(10-8-12)15(11-16)13-5-3-2-4-6-13/h7-10,13,15-16H,2-6,11H2,1H3. The number of rotatable bonds is 3. The van der Waals surface area contributed by atoms with Gasteiger partial charge in [0.25, 0.3) is 0 Å². The van der Waals surface area contributed by atoms with Gasteiger partial charge in [0, 0.05) is 5.92 Å². The summed E-state index contributed by atoms with van der Waals surface area (Å²) >= 11 is 0. The van der Waals surface area contributed by atoms with Crippen LogP contribution in [-0.2, 0) is 0 Å². The van der Waals surface area contributed by atoms with Crippen LogP contribution in [0.3, 0.4) is 0 Å². The van der Waals surface area contributed by atoms with Gasteiger partial charge in [0.2, 0.25) is 0 Å². The molecule has 0 radical (unpaired) electrons. The fraction of sp³-hybridized carbons (Fsp3) is 0.600. The normalized spacial score (nSPS) is 19.6. The molecule has 16 heavy (non-hydrogen) atoms. The molecule has 0 aromatic heterocycles. The van der Waals surface area contributed by atoms with Gasteiger partial charge in [-0.25, -0.2) is 0 Å². The van der Waals surface area contributed by atoms with Crippen molar-refractivity contribution in [3.05, 3.63) is 35.4 Å². The summed E-state index contributed by atoms with van der Waals surface area (Å²) in [7, 11) is 0. The van der Waals surface area contributed by atoms with Crippen LogP contribution in [0.1, 0.15) is 49.1 Å². The van der Waals surface area contributed by atoms with Crippen LogP contribution < -0.4 is 0 Å². The van der Waals surface area contributed by atoms with Crippen LogP contribution in [0.15, 0.2) is 24.3 Å². The lowest BCUT2D eigenvalue weighted by molar-refractivity contribution is 0.196. The molecule has 1 aromatic carbocycles. The minimum absolute atomic E-state index is 0.299. The molecule has 1 aliphatic carbocycles. The molecular formula is C15H22O. The summed E-state index contributed by atoms with van der Waals surface area (Å²) in [6.07, 6.45) is 6.64. The highest BCUT2D eigenvalue weighted by Crippen LogP contribution is 2.35. The Morgan fingerprint density at radius 3 is 2.31 bits per heavy atom. The van der Waals surface area contributed by atoms with Crippen LogP contribution in [-0.4, -0.2) is 11.7 Å². The second-order valence-electron chi connectivity index (χ2n) is 5.10. The summed E-state index contributed by atoms with van der Waals surface area (Å²) in [4.78, 5) is 0. The van der Waals surface area contributed by atoms with Crippen LogP contribution in [0.25, 0.3) is 0 Å². The number of aliphatic hydroxyl groups is 1. The third kappa shape index (κ3) is 2.65. The lowest BCUT2D eigenvalue weighted by atomic mass is 9.77. The van der Waals surface area contributed by atoms with Crippen LogP contribution in [0.4, 0.5) is 0 Å². The third-order valence-electron chi connectivity index (χ3n) is 3.92. The van der Waals surface area contributed by atoms with Gasteiger partial charge in [-0.3, -0.25) is 0 Å². The quantitative estimate of drug-likeness (QED) is 0.821. The molecule has 1 unspecified atom stereocenters. The number of hydrogen-bond acceptors (Lipinski definition) is 1. The molecule has 0 amide bonds. The van der Waals surface area contributed by atoms with Crippen LogP contribution >= 0.6 is 0 Å². The van der Waals surface area contributed by atoms with Crippen LogP contribution in [0.2, 0.25) is 0 Å². The summed E-state index contributed by atoms with van der Waals surface area (Å²) in [6, 6.07) is 8.68. The Morgan fingerprint density at radius 1 is 1.12 bits per heavy atom. The molecule has 2 rings (SSSR count). The van der Waals surface area contributed by atoms with E-state index in [0.29, 0.717) is 18.4 Å². The summed E-state index contributed by atoms with van der Waals surface area (Å²) in [5.74, 6) is 1.06. The monoisotopic (exact) mass is 218 g/mol. The highest BCUT2D eigenvalue weighted by Gasteiger charge is 2.24. The Labute approximate surface area is 98.5 Å². The number of benzene rings is 1. The molecule has 0 aliphatic heterocycles. The van der Waals surface area contributed by atoms with Crippen molar-refractivity contribution >= 4 is 0 Å². The van der Waals surface area contributed by atoms with Gasteiger partial charge in [0.15, 0.2) is 0 Å². The summed E-state index contributed by atoms with van der Waals surface area (Å²) in [5.41, 5.74) is 2.61. The lowest BCUT2D eigenvalue weighted by Crippen LogP contribution is -2.19. The van der Waals surface area contributed by atoms with Crippen molar-refractivity contribution in [3.63, 3.8) is 0 Å². The van der Waals surface area contributed by atoms with E-state index in [1.165, 1.54) is 43.2 Å². The van der Waals surface area contributed by atoms with Crippen molar-refractivity contribution in [1.29, 1.82) is 0 Å². The number of aliphatic hydroxyl groups excluding tert-OH is 1. The van der Waals surface area contributed by atoms with E-state index >= 15 is 0 Å². The Kier molecular flexibility index (Phi) is 4.00. The average Bonchev–Trinajstić information content (AvgIpc) is 2.34. The van der Waals surface area contributed by atoms with Gasteiger partial charge in [0.05, 0.1) is 6.61 Å². The fourth-order valence-corrected chi connectivity index (χ4v) is 2.88. The van der Waals surface area contributed by atoms with E-state index < -0.39 is 0 Å². The van der Waals surface area contributed by atoms with Gasteiger partial charge in [0.1, 0.15) is 0 Å².